The Morgan fingerprint density at radius 3 is 2.59 bits per heavy atom. The lowest BCUT2D eigenvalue weighted by Gasteiger charge is -2.28. The lowest BCUT2D eigenvalue weighted by molar-refractivity contribution is 0.259. The fourth-order valence-electron chi connectivity index (χ4n) is 3.26. The van der Waals surface area contributed by atoms with Gasteiger partial charge in [-0.15, -0.1) is 11.8 Å². The number of hydrogen-bond acceptors (Lipinski definition) is 3. The predicted octanol–water partition coefficient (Wildman–Crippen LogP) is 5.11. The molecule has 0 fully saturated rings. The Morgan fingerprint density at radius 1 is 1.09 bits per heavy atom. The Kier molecular flexibility index (Phi) is 3.60. The first-order valence-electron chi connectivity index (χ1n) is 7.13. The summed E-state index contributed by atoms with van der Waals surface area (Å²) < 4.78 is 0. The number of benzene rings is 2. The molecule has 2 heterocycles. The molecule has 0 radical (unpaired) electrons. The minimum atomic E-state index is 0.256. The number of thioether (sulfide) groups is 1. The maximum absolute atomic E-state index is 6.18. The van der Waals surface area contributed by atoms with Gasteiger partial charge in [0.1, 0.15) is 0 Å². The summed E-state index contributed by atoms with van der Waals surface area (Å²) in [6, 6.07) is 14.4. The van der Waals surface area contributed by atoms with Crippen LogP contribution < -0.4 is 0 Å². The van der Waals surface area contributed by atoms with Crippen LogP contribution in [0.15, 0.2) is 52.5 Å². The molecule has 2 aromatic carbocycles. The molecule has 0 bridgehead atoms. The smallest absolute Gasteiger partial charge is 0.0809 e. The Bertz CT molecular complexity index is 758. The van der Waals surface area contributed by atoms with Crippen molar-refractivity contribution in [2.45, 2.75) is 10.9 Å². The maximum Gasteiger partial charge on any atom is 0.0809 e. The first kappa shape index (κ1) is 14.4. The molecule has 2 aliphatic heterocycles. The SMILES string of the molecule is CN1N=C2c3cc(Cl)ccc3SCC2C1c1ccc(Cl)cc1. The summed E-state index contributed by atoms with van der Waals surface area (Å²) in [4.78, 5) is 1.27. The van der Waals surface area contributed by atoms with Gasteiger partial charge < -0.3 is 0 Å². The zero-order valence-corrected chi connectivity index (χ0v) is 14.3. The molecule has 22 heavy (non-hydrogen) atoms. The van der Waals surface area contributed by atoms with Crippen LogP contribution in [-0.2, 0) is 0 Å². The largest absolute Gasteiger partial charge is 0.292 e. The number of nitrogens with zero attached hydrogens (tertiary/aromatic N) is 2. The Balaban J connectivity index is 1.75. The molecule has 2 nitrogen and oxygen atoms in total. The molecule has 112 valence electrons. The second-order valence-electron chi connectivity index (χ2n) is 5.61. The maximum atomic E-state index is 6.18. The molecule has 0 saturated heterocycles. The van der Waals surface area contributed by atoms with Crippen molar-refractivity contribution >= 4 is 40.7 Å². The fraction of sp³-hybridized carbons (Fsp3) is 0.235. The van der Waals surface area contributed by atoms with Crippen LogP contribution in [0.1, 0.15) is 17.2 Å². The molecule has 0 saturated carbocycles. The molecule has 4 rings (SSSR count). The van der Waals surface area contributed by atoms with Crippen LogP contribution in [0.25, 0.3) is 0 Å². The fourth-order valence-corrected chi connectivity index (χ4v) is 4.74. The summed E-state index contributed by atoms with van der Waals surface area (Å²) >= 11 is 14.1. The van der Waals surface area contributed by atoms with Crippen molar-refractivity contribution in [2.24, 2.45) is 11.0 Å². The highest BCUT2D eigenvalue weighted by Gasteiger charge is 2.40. The molecular weight excluding hydrogens is 335 g/mol. The normalized spacial score (nSPS) is 23.0. The van der Waals surface area contributed by atoms with Crippen LogP contribution in [0, 0.1) is 5.92 Å². The summed E-state index contributed by atoms with van der Waals surface area (Å²) in [5.41, 5.74) is 3.58. The zero-order valence-electron chi connectivity index (χ0n) is 12.0. The van der Waals surface area contributed by atoms with E-state index in [4.69, 9.17) is 28.3 Å². The van der Waals surface area contributed by atoms with Crippen LogP contribution in [0.2, 0.25) is 10.0 Å². The van der Waals surface area contributed by atoms with Crippen LogP contribution in [-0.4, -0.2) is 23.5 Å². The zero-order chi connectivity index (χ0) is 15.3. The van der Waals surface area contributed by atoms with Gasteiger partial charge in [0, 0.05) is 39.2 Å². The first-order chi connectivity index (χ1) is 10.6. The Hall–Kier alpha value is -1.16. The van der Waals surface area contributed by atoms with E-state index in [1.165, 1.54) is 16.0 Å². The number of hydrazone groups is 1. The van der Waals surface area contributed by atoms with E-state index in [2.05, 4.69) is 23.2 Å². The molecule has 2 atom stereocenters. The summed E-state index contributed by atoms with van der Waals surface area (Å²) in [7, 11) is 2.04. The van der Waals surface area contributed by atoms with Crippen molar-refractivity contribution in [3.05, 3.63) is 63.6 Å². The van der Waals surface area contributed by atoms with Crippen molar-refractivity contribution in [1.82, 2.24) is 5.01 Å². The highest BCUT2D eigenvalue weighted by atomic mass is 35.5. The van der Waals surface area contributed by atoms with Crippen molar-refractivity contribution in [1.29, 1.82) is 0 Å². The predicted molar refractivity (Wildman–Crippen MR) is 94.2 cm³/mol. The van der Waals surface area contributed by atoms with Gasteiger partial charge in [-0.05, 0) is 35.9 Å². The Labute approximate surface area is 144 Å². The summed E-state index contributed by atoms with van der Waals surface area (Å²) in [5, 5.41) is 8.42. The van der Waals surface area contributed by atoms with Gasteiger partial charge >= 0.3 is 0 Å². The van der Waals surface area contributed by atoms with Gasteiger partial charge in [0.05, 0.1) is 11.8 Å². The number of rotatable bonds is 1. The van der Waals surface area contributed by atoms with Gasteiger partial charge in [0.15, 0.2) is 0 Å². The summed E-state index contributed by atoms with van der Waals surface area (Å²) in [6.07, 6.45) is 0. The number of hydrogen-bond donors (Lipinski definition) is 0. The van der Waals surface area contributed by atoms with Crippen molar-refractivity contribution in [2.75, 3.05) is 12.8 Å². The lowest BCUT2D eigenvalue weighted by atomic mass is 9.88. The second-order valence-corrected chi connectivity index (χ2v) is 7.55. The van der Waals surface area contributed by atoms with Gasteiger partial charge in [0.25, 0.3) is 0 Å². The van der Waals surface area contributed by atoms with E-state index in [0.717, 1.165) is 21.5 Å². The van der Waals surface area contributed by atoms with Gasteiger partial charge in [-0.25, -0.2) is 0 Å². The molecule has 2 unspecified atom stereocenters. The quantitative estimate of drug-likeness (QED) is 0.711. The van der Waals surface area contributed by atoms with Gasteiger partial charge in [-0.2, -0.15) is 5.10 Å². The van der Waals surface area contributed by atoms with Crippen LogP contribution in [0.3, 0.4) is 0 Å². The van der Waals surface area contributed by atoms with E-state index in [1.807, 2.05) is 43.1 Å². The third kappa shape index (κ3) is 2.32. The van der Waals surface area contributed by atoms with E-state index in [-0.39, 0.29) is 6.04 Å². The van der Waals surface area contributed by atoms with Gasteiger partial charge in [-0.3, -0.25) is 5.01 Å². The first-order valence-corrected chi connectivity index (χ1v) is 8.87. The van der Waals surface area contributed by atoms with Gasteiger partial charge in [-0.1, -0.05) is 35.3 Å². The molecule has 0 aromatic heterocycles. The molecule has 2 aromatic rings. The average Bonchev–Trinajstić information content (AvgIpc) is 2.85. The minimum Gasteiger partial charge on any atom is -0.292 e. The molecule has 0 N–H and O–H groups in total. The van der Waals surface area contributed by atoms with E-state index in [0.29, 0.717) is 5.92 Å². The molecule has 2 aliphatic rings. The van der Waals surface area contributed by atoms with E-state index < -0.39 is 0 Å². The molecule has 0 aliphatic carbocycles. The minimum absolute atomic E-state index is 0.256. The summed E-state index contributed by atoms with van der Waals surface area (Å²) in [5.74, 6) is 1.41. The third-order valence-corrected chi connectivity index (χ3v) is 5.93. The van der Waals surface area contributed by atoms with Crippen molar-refractivity contribution < 1.29 is 0 Å². The molecule has 0 spiro atoms. The molecule has 0 amide bonds. The topological polar surface area (TPSA) is 15.6 Å². The van der Waals surface area contributed by atoms with Crippen molar-refractivity contribution in [3.8, 4) is 0 Å². The van der Waals surface area contributed by atoms with E-state index in [9.17, 15) is 0 Å². The van der Waals surface area contributed by atoms with Crippen LogP contribution in [0.5, 0.6) is 0 Å². The van der Waals surface area contributed by atoms with Gasteiger partial charge in [0.2, 0.25) is 0 Å². The monoisotopic (exact) mass is 348 g/mol. The van der Waals surface area contributed by atoms with Crippen LogP contribution in [0.4, 0.5) is 0 Å². The standard InChI is InChI=1S/C17H14Cl2N2S/c1-21-17(10-2-4-11(18)5-3-10)14-9-22-15-7-6-12(19)8-13(15)16(14)20-21/h2-8,14,17H,9H2,1H3. The van der Waals surface area contributed by atoms with E-state index >= 15 is 0 Å². The summed E-state index contributed by atoms with van der Waals surface area (Å²) in [6.45, 7) is 0. The average molecular weight is 349 g/mol. The molecular formula is C17H14Cl2N2S. The molecule has 5 heteroatoms. The van der Waals surface area contributed by atoms with Crippen molar-refractivity contribution in [3.63, 3.8) is 0 Å². The lowest BCUT2D eigenvalue weighted by Crippen LogP contribution is -2.27. The third-order valence-electron chi connectivity index (χ3n) is 4.25. The highest BCUT2D eigenvalue weighted by Crippen LogP contribution is 2.45. The van der Waals surface area contributed by atoms with E-state index in [1.54, 1.807) is 0 Å². The highest BCUT2D eigenvalue weighted by molar-refractivity contribution is 7.99. The Morgan fingerprint density at radius 2 is 1.82 bits per heavy atom. The van der Waals surface area contributed by atoms with Crippen LogP contribution >= 0.6 is 35.0 Å². The number of halogens is 2. The second kappa shape index (κ2) is 5.48. The number of fused-ring (bicyclic) bond motifs is 3.